The van der Waals surface area contributed by atoms with Crippen LogP contribution in [0.15, 0.2) is 12.4 Å². The first-order chi connectivity index (χ1) is 31.4. The van der Waals surface area contributed by atoms with Gasteiger partial charge in [-0.25, -0.2) is 9.36 Å². The van der Waals surface area contributed by atoms with E-state index in [4.69, 9.17) is 47.1 Å². The third-order valence-electron chi connectivity index (χ3n) is 10.5. The number of carboxylic acid groups (broad SMARTS) is 2. The van der Waals surface area contributed by atoms with E-state index in [1.807, 2.05) is 9.80 Å². The molecule has 5 heterocycles. The number of hydrogen-bond donors (Lipinski definition) is 7. The summed E-state index contributed by atoms with van der Waals surface area (Å²) in [7, 11) is 0. The number of carboxylic acids is 2. The second-order valence-electron chi connectivity index (χ2n) is 15.0. The molecule has 4 atom stereocenters. The minimum atomic E-state index is -1.08. The smallest absolute Gasteiger partial charge is 0.303 e. The number of aromatic nitrogens is 9. The molecule has 0 aromatic carbocycles. The second-order valence-corrected chi connectivity index (χ2v) is 15.0. The zero-order valence-electron chi connectivity index (χ0n) is 36.0. The van der Waals surface area contributed by atoms with E-state index in [9.17, 15) is 39.6 Å². The van der Waals surface area contributed by atoms with Gasteiger partial charge in [-0.15, -0.1) is 16.6 Å². The zero-order chi connectivity index (χ0) is 46.7. The topological polar surface area (TPSA) is 354 Å². The van der Waals surface area contributed by atoms with E-state index < -0.39 is 36.1 Å². The Morgan fingerprint density at radius 3 is 1.52 bits per heavy atom. The summed E-state index contributed by atoms with van der Waals surface area (Å²) in [6.07, 6.45) is 7.38. The van der Waals surface area contributed by atoms with Crippen molar-refractivity contribution in [3.8, 4) is 12.3 Å². The van der Waals surface area contributed by atoms with Crippen LogP contribution in [-0.4, -0.2) is 211 Å². The number of anilines is 3. The van der Waals surface area contributed by atoms with Gasteiger partial charge in [0.1, 0.15) is 30.1 Å². The summed E-state index contributed by atoms with van der Waals surface area (Å²) in [5.74, 6) is 0.473. The second kappa shape index (κ2) is 25.4. The SMILES string of the molecule is C#CCOCCOCCOCCNc1nc(N2CCN(C(=O)[C@H](CCC(=O)O)n3cc(C(N)CO)nn3)CC2)nc(N2CCN(C(=O)[C@H](CCC(=O)O)n3cc(C(N)CO)nn3)CC2)n1. The molecule has 3 aromatic heterocycles. The van der Waals surface area contributed by atoms with Crippen molar-refractivity contribution in [2.75, 3.05) is 127 Å². The lowest BCUT2D eigenvalue weighted by molar-refractivity contribution is -0.140. The highest BCUT2D eigenvalue weighted by atomic mass is 16.5. The van der Waals surface area contributed by atoms with Gasteiger partial charge in [0.15, 0.2) is 0 Å². The summed E-state index contributed by atoms with van der Waals surface area (Å²) in [5, 5.41) is 56.9. The molecule has 2 aliphatic rings. The Hall–Kier alpha value is -6.15. The van der Waals surface area contributed by atoms with Gasteiger partial charge in [0, 0.05) is 71.7 Å². The highest BCUT2D eigenvalue weighted by molar-refractivity contribution is 5.82. The first-order valence-electron chi connectivity index (χ1n) is 21.2. The maximum absolute atomic E-state index is 13.9. The number of nitrogens with zero attached hydrogens (tertiary/aromatic N) is 13. The number of piperazine rings is 2. The lowest BCUT2D eigenvalue weighted by Crippen LogP contribution is -2.52. The van der Waals surface area contributed by atoms with Gasteiger partial charge in [0.25, 0.3) is 0 Å². The van der Waals surface area contributed by atoms with Gasteiger partial charge in [0.2, 0.25) is 29.7 Å². The predicted molar refractivity (Wildman–Crippen MR) is 227 cm³/mol. The van der Waals surface area contributed by atoms with Crippen molar-refractivity contribution in [1.29, 1.82) is 0 Å². The van der Waals surface area contributed by atoms with Crippen LogP contribution in [0.4, 0.5) is 17.8 Å². The predicted octanol–water partition coefficient (Wildman–Crippen LogP) is -3.36. The number of rotatable bonds is 27. The maximum atomic E-state index is 13.9. The van der Waals surface area contributed by atoms with Crippen molar-refractivity contribution >= 4 is 41.6 Å². The van der Waals surface area contributed by atoms with Gasteiger partial charge in [-0.1, -0.05) is 16.3 Å². The Kier molecular flexibility index (Phi) is 19.5. The van der Waals surface area contributed by atoms with E-state index >= 15 is 0 Å². The maximum Gasteiger partial charge on any atom is 0.303 e. The van der Waals surface area contributed by atoms with Crippen molar-refractivity contribution in [1.82, 2.24) is 54.7 Å². The standard InChI is InChI=1S/C38H58N16O11/c1-2-16-63-18-20-65-21-19-64-17-7-41-36-42-37(51-12-8-49(9-13-51)34(61)30(3-5-32(57)58)53-22-28(45-47-53)26(39)24-55)44-38(43-36)52-14-10-50(11-15-52)35(62)31(4-6-33(59)60)54-23-29(46-48-54)27(40)25-56/h1,22-23,26-27,30-31,55-56H,3-21,24-25,39-40H2,(H,57,58)(H,59,60)(H,41,42,43,44)/t26?,27?,30-,31-/m0/s1. The summed E-state index contributed by atoms with van der Waals surface area (Å²) in [6.45, 7) is 3.83. The van der Waals surface area contributed by atoms with E-state index in [0.717, 1.165) is 0 Å². The average molecular weight is 915 g/mol. The summed E-state index contributed by atoms with van der Waals surface area (Å²) < 4.78 is 18.9. The van der Waals surface area contributed by atoms with Crippen molar-refractivity contribution in [3.63, 3.8) is 0 Å². The van der Waals surface area contributed by atoms with Crippen LogP contribution in [0.1, 0.15) is 61.2 Å². The van der Waals surface area contributed by atoms with Crippen LogP contribution < -0.4 is 26.6 Å². The van der Waals surface area contributed by atoms with Crippen LogP contribution in [0.3, 0.4) is 0 Å². The molecule has 2 fully saturated rings. The van der Waals surface area contributed by atoms with Crippen LogP contribution in [0.5, 0.6) is 0 Å². The molecule has 2 saturated heterocycles. The highest BCUT2D eigenvalue weighted by Crippen LogP contribution is 2.24. The number of ether oxygens (including phenoxy) is 3. The number of nitrogens with two attached hydrogens (primary N) is 2. The molecule has 356 valence electrons. The minimum Gasteiger partial charge on any atom is -0.481 e. The van der Waals surface area contributed by atoms with E-state index in [1.54, 1.807) is 9.80 Å². The molecule has 27 nitrogen and oxygen atoms in total. The van der Waals surface area contributed by atoms with Crippen LogP contribution in [-0.2, 0) is 33.4 Å². The molecule has 27 heteroatoms. The van der Waals surface area contributed by atoms with Gasteiger partial charge >= 0.3 is 11.9 Å². The number of aliphatic hydroxyl groups is 2. The molecule has 0 radical (unpaired) electrons. The quantitative estimate of drug-likeness (QED) is 0.0290. The molecule has 65 heavy (non-hydrogen) atoms. The fraction of sp³-hybridized carbons (Fsp3) is 0.658. The monoisotopic (exact) mass is 914 g/mol. The molecule has 3 aromatic rings. The van der Waals surface area contributed by atoms with Gasteiger partial charge in [-0.2, -0.15) is 15.0 Å². The number of aliphatic carboxylic acids is 2. The summed E-state index contributed by atoms with van der Waals surface area (Å²) in [5.41, 5.74) is 12.3. The van der Waals surface area contributed by atoms with Crippen LogP contribution in [0, 0.1) is 12.3 Å². The van der Waals surface area contributed by atoms with Crippen LogP contribution in [0.25, 0.3) is 0 Å². The number of aliphatic hydroxyl groups excluding tert-OH is 2. The fourth-order valence-corrected chi connectivity index (χ4v) is 6.87. The fourth-order valence-electron chi connectivity index (χ4n) is 6.87. The molecule has 2 aliphatic heterocycles. The largest absolute Gasteiger partial charge is 0.481 e. The molecule has 0 spiro atoms. The molecule has 2 amide bonds. The number of carbonyl (C=O) groups is 4. The summed E-state index contributed by atoms with van der Waals surface area (Å²) >= 11 is 0. The molecular weight excluding hydrogens is 857 g/mol. The lowest BCUT2D eigenvalue weighted by atomic mass is 10.1. The molecule has 0 bridgehead atoms. The number of terminal acetylenes is 1. The number of carbonyl (C=O) groups excluding carboxylic acids is 2. The third kappa shape index (κ3) is 14.7. The van der Waals surface area contributed by atoms with Gasteiger partial charge in [0.05, 0.1) is 70.7 Å². The Morgan fingerprint density at radius 1 is 0.677 bits per heavy atom. The van der Waals surface area contributed by atoms with E-state index in [1.165, 1.54) is 21.8 Å². The van der Waals surface area contributed by atoms with E-state index in [-0.39, 0.29) is 101 Å². The Balaban J connectivity index is 1.26. The highest BCUT2D eigenvalue weighted by Gasteiger charge is 2.34. The number of hydrogen-bond acceptors (Lipinski definition) is 21. The first kappa shape index (κ1) is 49.9. The number of amides is 2. The minimum absolute atomic E-state index is 0.0428. The Bertz CT molecular complexity index is 1910. The van der Waals surface area contributed by atoms with E-state index in [0.29, 0.717) is 77.7 Å². The van der Waals surface area contributed by atoms with Crippen molar-refractivity contribution in [2.24, 2.45) is 11.5 Å². The molecule has 0 saturated carbocycles. The Morgan fingerprint density at radius 2 is 1.11 bits per heavy atom. The molecule has 9 N–H and O–H groups in total. The van der Waals surface area contributed by atoms with Crippen LogP contribution in [0.2, 0.25) is 0 Å². The normalized spacial score (nSPS) is 16.2. The van der Waals surface area contributed by atoms with Crippen molar-refractivity contribution in [2.45, 2.75) is 49.9 Å². The molecular formula is C38H58N16O11. The van der Waals surface area contributed by atoms with Gasteiger partial charge in [-0.3, -0.25) is 19.2 Å². The molecule has 0 aliphatic carbocycles. The molecule has 2 unspecified atom stereocenters. The van der Waals surface area contributed by atoms with Crippen molar-refractivity contribution in [3.05, 3.63) is 23.8 Å². The van der Waals surface area contributed by atoms with E-state index in [2.05, 4.69) is 31.9 Å². The Labute approximate surface area is 374 Å². The zero-order valence-corrected chi connectivity index (χ0v) is 36.0. The number of nitrogens with one attached hydrogen (secondary N) is 1. The first-order valence-corrected chi connectivity index (χ1v) is 21.2. The van der Waals surface area contributed by atoms with Crippen LogP contribution >= 0.6 is 0 Å². The lowest BCUT2D eigenvalue weighted by Gasteiger charge is -2.38. The third-order valence-corrected chi connectivity index (χ3v) is 10.5. The molecule has 5 rings (SSSR count). The average Bonchev–Trinajstić information content (AvgIpc) is 4.02. The summed E-state index contributed by atoms with van der Waals surface area (Å²) in [4.78, 5) is 72.0. The van der Waals surface area contributed by atoms with Gasteiger partial charge < -0.3 is 71.0 Å². The van der Waals surface area contributed by atoms with Gasteiger partial charge in [-0.05, 0) is 12.8 Å². The summed E-state index contributed by atoms with van der Waals surface area (Å²) in [6, 6.07) is -3.58. The van der Waals surface area contributed by atoms with Crippen molar-refractivity contribution < 1.29 is 53.8 Å².